The molecule has 5 heteroatoms. The second kappa shape index (κ2) is 8.68. The van der Waals surface area contributed by atoms with E-state index in [0.717, 1.165) is 42.7 Å². The summed E-state index contributed by atoms with van der Waals surface area (Å²) in [7, 11) is 0. The highest BCUT2D eigenvalue weighted by atomic mass is 19.1. The molecule has 0 fully saturated rings. The van der Waals surface area contributed by atoms with E-state index in [2.05, 4.69) is 6.58 Å². The normalized spacial score (nSPS) is 10.8. The number of hydrogen-bond acceptors (Lipinski definition) is 1. The lowest BCUT2D eigenvalue weighted by Crippen LogP contribution is -1.96. The lowest BCUT2D eigenvalue weighted by Gasteiger charge is -2.12. The van der Waals surface area contributed by atoms with Crippen molar-refractivity contribution >= 4 is 10.8 Å². The van der Waals surface area contributed by atoms with Crippen molar-refractivity contribution in [3.8, 4) is 28.3 Å². The fraction of sp³-hybridized carbons (Fsp3) is 0.0741. The van der Waals surface area contributed by atoms with Gasteiger partial charge in [-0.05, 0) is 59.2 Å². The van der Waals surface area contributed by atoms with E-state index < -0.39 is 28.8 Å². The molecule has 1 nitrogen and oxygen atoms in total. The van der Waals surface area contributed by atoms with Crippen LogP contribution in [0.25, 0.3) is 33.0 Å². The van der Waals surface area contributed by atoms with Crippen molar-refractivity contribution in [1.82, 2.24) is 0 Å². The van der Waals surface area contributed by atoms with Gasteiger partial charge in [-0.1, -0.05) is 42.5 Å². The molecule has 0 radical (unpaired) electrons. The minimum absolute atomic E-state index is 0.0352. The van der Waals surface area contributed by atoms with Gasteiger partial charge in [0, 0.05) is 10.9 Å². The van der Waals surface area contributed by atoms with Crippen LogP contribution < -0.4 is 0 Å². The van der Waals surface area contributed by atoms with Crippen LogP contribution in [-0.2, 0) is 6.42 Å². The van der Waals surface area contributed by atoms with E-state index in [9.17, 15) is 13.2 Å². The van der Waals surface area contributed by atoms with Crippen LogP contribution in [0, 0.1) is 34.6 Å². The number of rotatable bonds is 5. The summed E-state index contributed by atoms with van der Waals surface area (Å²) in [6.07, 6.45) is 3.41. The molecule has 0 heterocycles. The fourth-order valence-corrected chi connectivity index (χ4v) is 3.75. The topological polar surface area (TPSA) is 23.8 Å². The van der Waals surface area contributed by atoms with Gasteiger partial charge in [0.15, 0.2) is 0 Å². The Morgan fingerprint density at radius 2 is 1.53 bits per heavy atom. The Hall–Kier alpha value is -3.91. The van der Waals surface area contributed by atoms with E-state index in [0.29, 0.717) is 10.8 Å². The van der Waals surface area contributed by atoms with Gasteiger partial charge in [-0.25, -0.2) is 17.6 Å². The van der Waals surface area contributed by atoms with Crippen LogP contribution in [0.3, 0.4) is 0 Å². The molecule has 0 N–H and O–H groups in total. The molecule has 0 aliphatic heterocycles. The Balaban J connectivity index is 1.77. The Kier molecular flexibility index (Phi) is 5.79. The molecule has 0 amide bonds. The molecule has 4 aromatic carbocycles. The summed E-state index contributed by atoms with van der Waals surface area (Å²) < 4.78 is 58.9. The average Bonchev–Trinajstić information content (AvgIpc) is 2.77. The molecule has 32 heavy (non-hydrogen) atoms. The van der Waals surface area contributed by atoms with Crippen molar-refractivity contribution < 1.29 is 17.6 Å². The molecule has 0 atom stereocenters. The van der Waals surface area contributed by atoms with Crippen LogP contribution >= 0.6 is 0 Å². The van der Waals surface area contributed by atoms with Gasteiger partial charge in [0.05, 0.1) is 11.1 Å². The van der Waals surface area contributed by atoms with Crippen molar-refractivity contribution in [3.05, 3.63) is 108 Å². The first kappa shape index (κ1) is 21.3. The molecule has 0 bridgehead atoms. The van der Waals surface area contributed by atoms with Crippen LogP contribution in [0.1, 0.15) is 17.5 Å². The molecule has 4 aromatic rings. The lowest BCUT2D eigenvalue weighted by molar-refractivity contribution is 0.588. The highest BCUT2D eigenvalue weighted by molar-refractivity contribution is 5.89. The molecule has 0 unspecified atom stereocenters. The largest absolute Gasteiger partial charge is 0.206 e. The zero-order chi connectivity index (χ0) is 22.8. The molecule has 0 aromatic heterocycles. The Morgan fingerprint density at radius 3 is 2.19 bits per heavy atom. The van der Waals surface area contributed by atoms with Gasteiger partial charge in [0.2, 0.25) is 0 Å². The first-order chi connectivity index (χ1) is 15.4. The predicted octanol–water partition coefficient (Wildman–Crippen LogP) is 7.72. The first-order valence-corrected chi connectivity index (χ1v) is 9.94. The van der Waals surface area contributed by atoms with Gasteiger partial charge in [0.25, 0.3) is 0 Å². The van der Waals surface area contributed by atoms with Crippen LogP contribution in [0.15, 0.2) is 73.3 Å². The second-order valence-electron chi connectivity index (χ2n) is 7.43. The third kappa shape index (κ3) is 3.88. The minimum Gasteiger partial charge on any atom is -0.206 e. The van der Waals surface area contributed by atoms with E-state index in [1.54, 1.807) is 18.2 Å². The van der Waals surface area contributed by atoms with Crippen LogP contribution in [0.2, 0.25) is 0 Å². The molecule has 0 aliphatic rings. The molecule has 0 saturated carbocycles. The monoisotopic (exact) mass is 431 g/mol. The minimum atomic E-state index is -0.955. The zero-order valence-corrected chi connectivity index (χ0v) is 16.9. The number of fused-ring (bicyclic) bond motifs is 1. The first-order valence-electron chi connectivity index (χ1n) is 9.94. The smallest absolute Gasteiger partial charge is 0.141 e. The van der Waals surface area contributed by atoms with Gasteiger partial charge in [0.1, 0.15) is 29.3 Å². The molecule has 158 valence electrons. The lowest BCUT2D eigenvalue weighted by atomic mass is 9.95. The maximum atomic E-state index is 15.2. The summed E-state index contributed by atoms with van der Waals surface area (Å²) in [5.74, 6) is -3.36. The molecule has 4 rings (SSSR count). The molecule has 0 saturated heterocycles. The van der Waals surface area contributed by atoms with E-state index in [4.69, 9.17) is 5.26 Å². The quantitative estimate of drug-likeness (QED) is 0.234. The molecule has 0 aliphatic carbocycles. The number of aryl methyl sites for hydroxylation is 1. The number of benzene rings is 4. The van der Waals surface area contributed by atoms with E-state index >= 15 is 4.39 Å². The summed E-state index contributed by atoms with van der Waals surface area (Å²) in [6, 6.07) is 15.6. The number of allylic oxidation sites excluding steroid dienone is 1. The zero-order valence-electron chi connectivity index (χ0n) is 16.9. The summed E-state index contributed by atoms with van der Waals surface area (Å²) in [5.41, 5.74) is 0.427. The van der Waals surface area contributed by atoms with Crippen molar-refractivity contribution in [2.75, 3.05) is 0 Å². The molecule has 0 spiro atoms. The highest BCUT2D eigenvalue weighted by Gasteiger charge is 2.18. The molecular weight excluding hydrogens is 414 g/mol. The summed E-state index contributed by atoms with van der Waals surface area (Å²) >= 11 is 0. The van der Waals surface area contributed by atoms with Crippen LogP contribution in [0.4, 0.5) is 17.6 Å². The van der Waals surface area contributed by atoms with Crippen molar-refractivity contribution in [1.29, 1.82) is 5.26 Å². The molecular formula is C27H17F4N. The highest BCUT2D eigenvalue weighted by Crippen LogP contribution is 2.35. The maximum Gasteiger partial charge on any atom is 0.141 e. The second-order valence-corrected chi connectivity index (χ2v) is 7.43. The van der Waals surface area contributed by atoms with Crippen LogP contribution in [0.5, 0.6) is 0 Å². The number of halogens is 4. The fourth-order valence-electron chi connectivity index (χ4n) is 3.75. The Labute approximate surface area is 182 Å². The van der Waals surface area contributed by atoms with E-state index in [-0.39, 0.29) is 22.3 Å². The third-order valence-corrected chi connectivity index (χ3v) is 5.39. The number of hydrogen-bond donors (Lipinski definition) is 0. The summed E-state index contributed by atoms with van der Waals surface area (Å²) in [5, 5.41) is 9.87. The maximum absolute atomic E-state index is 15.2. The van der Waals surface area contributed by atoms with Crippen molar-refractivity contribution in [2.45, 2.75) is 12.8 Å². The van der Waals surface area contributed by atoms with Crippen LogP contribution in [-0.4, -0.2) is 0 Å². The summed E-state index contributed by atoms with van der Waals surface area (Å²) in [4.78, 5) is 0. The van der Waals surface area contributed by atoms with Crippen molar-refractivity contribution in [3.63, 3.8) is 0 Å². The Morgan fingerprint density at radius 1 is 0.812 bits per heavy atom. The number of nitriles is 1. The van der Waals surface area contributed by atoms with Gasteiger partial charge < -0.3 is 0 Å². The Bertz CT molecular complexity index is 1380. The van der Waals surface area contributed by atoms with Gasteiger partial charge >= 0.3 is 0 Å². The summed E-state index contributed by atoms with van der Waals surface area (Å²) in [6.45, 7) is 3.70. The van der Waals surface area contributed by atoms with Gasteiger partial charge in [-0.2, -0.15) is 5.26 Å². The predicted molar refractivity (Wildman–Crippen MR) is 118 cm³/mol. The van der Waals surface area contributed by atoms with Gasteiger partial charge in [-0.15, -0.1) is 6.58 Å². The van der Waals surface area contributed by atoms with Gasteiger partial charge in [-0.3, -0.25) is 0 Å². The number of nitrogens with zero attached hydrogens (tertiary/aromatic N) is 1. The van der Waals surface area contributed by atoms with Crippen molar-refractivity contribution in [2.24, 2.45) is 0 Å². The standard InChI is InChI=1S/C27H17F4N/c1-2-3-4-16-5-9-21-17(11-16)8-10-22(27(21)31)20-13-24(29)26(25(30)14-20)18-6-7-19(15-32)23(28)12-18/h2,5-14H,1,3-4H2. The van der Waals surface area contributed by atoms with E-state index in [1.165, 1.54) is 12.1 Å². The third-order valence-electron chi connectivity index (χ3n) is 5.39. The van der Waals surface area contributed by atoms with E-state index in [1.807, 2.05) is 18.2 Å². The SMILES string of the molecule is C=CCCc1ccc2c(F)c(-c3cc(F)c(-c4ccc(C#N)c(F)c4)c(F)c3)ccc2c1. The average molecular weight is 431 g/mol.